The lowest BCUT2D eigenvalue weighted by Crippen LogP contribution is -2.43. The molecule has 0 saturated carbocycles. The Hall–Kier alpha value is -1.42. The van der Waals surface area contributed by atoms with E-state index in [0.29, 0.717) is 11.7 Å². The molecule has 0 spiro atoms. The molecule has 1 fully saturated rings. The number of nitrogens with one attached hydrogen (secondary N) is 1. The van der Waals surface area contributed by atoms with Gasteiger partial charge in [-0.3, -0.25) is 4.79 Å². The fraction of sp³-hybridized carbons (Fsp3) is 0.500. The van der Waals surface area contributed by atoms with Crippen LogP contribution in [0.25, 0.3) is 0 Å². The number of anilines is 1. The summed E-state index contributed by atoms with van der Waals surface area (Å²) in [5, 5.41) is 3.31. The van der Waals surface area contributed by atoms with Gasteiger partial charge in [-0.25, -0.2) is 4.39 Å². The minimum atomic E-state index is -0.352. The molecule has 0 bridgehead atoms. The number of carbonyl (C=O) groups excluding carboxylic acids is 1. The Kier molecular flexibility index (Phi) is 3.97. The van der Waals surface area contributed by atoms with E-state index in [0.717, 1.165) is 19.4 Å². The zero-order chi connectivity index (χ0) is 13.1. The Morgan fingerprint density at radius 2 is 2.17 bits per heavy atom. The van der Waals surface area contributed by atoms with Gasteiger partial charge in [0.25, 0.3) is 0 Å². The Morgan fingerprint density at radius 1 is 1.44 bits per heavy atom. The van der Waals surface area contributed by atoms with E-state index in [9.17, 15) is 9.18 Å². The summed E-state index contributed by atoms with van der Waals surface area (Å²) in [5.41, 5.74) is 0.355. The fourth-order valence-corrected chi connectivity index (χ4v) is 2.47. The first-order valence-corrected chi connectivity index (χ1v) is 6.35. The van der Waals surface area contributed by atoms with Crippen molar-refractivity contribution in [2.75, 3.05) is 18.5 Å². The average molecular weight is 250 g/mol. The van der Waals surface area contributed by atoms with E-state index in [1.54, 1.807) is 25.2 Å². The van der Waals surface area contributed by atoms with E-state index in [2.05, 4.69) is 12.2 Å². The van der Waals surface area contributed by atoms with Crippen LogP contribution < -0.4 is 10.2 Å². The summed E-state index contributed by atoms with van der Waals surface area (Å²) in [4.78, 5) is 13.8. The van der Waals surface area contributed by atoms with Crippen molar-refractivity contribution in [2.24, 2.45) is 5.92 Å². The van der Waals surface area contributed by atoms with E-state index in [1.165, 1.54) is 11.0 Å². The predicted molar refractivity (Wildman–Crippen MR) is 70.0 cm³/mol. The van der Waals surface area contributed by atoms with Crippen LogP contribution in [0.3, 0.4) is 0 Å². The third kappa shape index (κ3) is 2.70. The van der Waals surface area contributed by atoms with Crippen LogP contribution in [0.1, 0.15) is 19.8 Å². The molecule has 1 aliphatic heterocycles. The van der Waals surface area contributed by atoms with Gasteiger partial charge in [0.05, 0.1) is 5.69 Å². The summed E-state index contributed by atoms with van der Waals surface area (Å²) in [7, 11) is 1.65. The summed E-state index contributed by atoms with van der Waals surface area (Å²) >= 11 is 0. The van der Waals surface area contributed by atoms with Crippen LogP contribution in [-0.4, -0.2) is 25.5 Å². The number of hydrogen-bond donors (Lipinski definition) is 1. The molecule has 18 heavy (non-hydrogen) atoms. The van der Waals surface area contributed by atoms with E-state index in [4.69, 9.17) is 0 Å². The molecular weight excluding hydrogens is 231 g/mol. The SMILES string of the molecule is CC1CC(C(=O)N(C)c2ccccc2F)CCN1. The molecule has 1 N–H and O–H groups in total. The highest BCUT2D eigenvalue weighted by Gasteiger charge is 2.28. The molecule has 1 heterocycles. The van der Waals surface area contributed by atoms with Gasteiger partial charge < -0.3 is 10.2 Å². The molecule has 1 aliphatic rings. The average Bonchev–Trinajstić information content (AvgIpc) is 2.37. The smallest absolute Gasteiger partial charge is 0.230 e. The van der Waals surface area contributed by atoms with Crippen molar-refractivity contribution in [3.8, 4) is 0 Å². The number of hydrogen-bond acceptors (Lipinski definition) is 2. The molecule has 3 nitrogen and oxygen atoms in total. The maximum Gasteiger partial charge on any atom is 0.230 e. The van der Waals surface area contributed by atoms with Crippen LogP contribution >= 0.6 is 0 Å². The van der Waals surface area contributed by atoms with Crippen molar-refractivity contribution in [3.63, 3.8) is 0 Å². The van der Waals surface area contributed by atoms with Gasteiger partial charge in [0.1, 0.15) is 5.82 Å². The van der Waals surface area contributed by atoms with Crippen LogP contribution in [0.15, 0.2) is 24.3 Å². The van der Waals surface area contributed by atoms with Gasteiger partial charge in [0, 0.05) is 19.0 Å². The zero-order valence-corrected chi connectivity index (χ0v) is 10.8. The first-order valence-electron chi connectivity index (χ1n) is 6.35. The summed E-state index contributed by atoms with van der Waals surface area (Å²) in [6.45, 7) is 2.92. The Bertz CT molecular complexity index is 436. The first-order chi connectivity index (χ1) is 8.59. The van der Waals surface area contributed by atoms with Crippen molar-refractivity contribution >= 4 is 11.6 Å². The molecule has 4 heteroatoms. The van der Waals surface area contributed by atoms with Crippen molar-refractivity contribution in [2.45, 2.75) is 25.8 Å². The number of halogens is 1. The van der Waals surface area contributed by atoms with Crippen molar-refractivity contribution in [3.05, 3.63) is 30.1 Å². The molecule has 0 aromatic heterocycles. The predicted octanol–water partition coefficient (Wildman–Crippen LogP) is 2.18. The van der Waals surface area contributed by atoms with Crippen LogP contribution in [0.5, 0.6) is 0 Å². The van der Waals surface area contributed by atoms with Crippen molar-refractivity contribution < 1.29 is 9.18 Å². The Morgan fingerprint density at radius 3 is 2.83 bits per heavy atom. The normalized spacial score (nSPS) is 23.7. The molecule has 2 rings (SSSR count). The van der Waals surface area contributed by atoms with Gasteiger partial charge in [0.15, 0.2) is 0 Å². The van der Waals surface area contributed by atoms with Crippen molar-refractivity contribution in [1.82, 2.24) is 5.32 Å². The quantitative estimate of drug-likeness (QED) is 0.872. The number of carbonyl (C=O) groups is 1. The third-order valence-electron chi connectivity index (χ3n) is 3.52. The van der Waals surface area contributed by atoms with Crippen LogP contribution in [0, 0.1) is 11.7 Å². The first kappa shape index (κ1) is 13.0. The largest absolute Gasteiger partial charge is 0.314 e. The topological polar surface area (TPSA) is 32.3 Å². The molecule has 0 radical (unpaired) electrons. The van der Waals surface area contributed by atoms with Gasteiger partial charge in [0.2, 0.25) is 5.91 Å². The highest BCUT2D eigenvalue weighted by Crippen LogP contribution is 2.23. The Labute approximate surface area is 107 Å². The molecule has 0 aliphatic carbocycles. The maximum atomic E-state index is 13.6. The highest BCUT2D eigenvalue weighted by molar-refractivity contribution is 5.94. The van der Waals surface area contributed by atoms with E-state index < -0.39 is 0 Å². The van der Waals surface area contributed by atoms with Crippen LogP contribution in [-0.2, 0) is 4.79 Å². The maximum absolute atomic E-state index is 13.6. The molecule has 2 unspecified atom stereocenters. The number of amides is 1. The number of rotatable bonds is 2. The number of benzene rings is 1. The van der Waals surface area contributed by atoms with Gasteiger partial charge >= 0.3 is 0 Å². The second-order valence-electron chi connectivity index (χ2n) is 4.93. The summed E-state index contributed by atoms with van der Waals surface area (Å²) in [6, 6.07) is 6.74. The van der Waals surface area contributed by atoms with E-state index in [-0.39, 0.29) is 17.6 Å². The van der Waals surface area contributed by atoms with Crippen LogP contribution in [0.2, 0.25) is 0 Å². The van der Waals surface area contributed by atoms with Gasteiger partial charge in [-0.05, 0) is 38.4 Å². The second-order valence-corrected chi connectivity index (χ2v) is 4.93. The summed E-state index contributed by atoms with van der Waals surface area (Å²) in [6.07, 6.45) is 1.64. The number of nitrogens with zero attached hydrogens (tertiary/aromatic N) is 1. The van der Waals surface area contributed by atoms with Gasteiger partial charge in [-0.15, -0.1) is 0 Å². The van der Waals surface area contributed by atoms with Crippen LogP contribution in [0.4, 0.5) is 10.1 Å². The molecule has 1 aromatic rings. The lowest BCUT2D eigenvalue weighted by molar-refractivity contribution is -0.123. The Balaban J connectivity index is 2.11. The fourth-order valence-electron chi connectivity index (χ4n) is 2.47. The minimum absolute atomic E-state index is 0.00782. The number of piperidine rings is 1. The second kappa shape index (κ2) is 5.48. The molecular formula is C14H19FN2O. The highest BCUT2D eigenvalue weighted by atomic mass is 19.1. The lowest BCUT2D eigenvalue weighted by Gasteiger charge is -2.30. The monoisotopic (exact) mass is 250 g/mol. The number of para-hydroxylation sites is 1. The van der Waals surface area contributed by atoms with E-state index in [1.807, 2.05) is 0 Å². The van der Waals surface area contributed by atoms with E-state index >= 15 is 0 Å². The van der Waals surface area contributed by atoms with Gasteiger partial charge in [-0.2, -0.15) is 0 Å². The van der Waals surface area contributed by atoms with Gasteiger partial charge in [-0.1, -0.05) is 12.1 Å². The molecule has 2 atom stereocenters. The van der Waals surface area contributed by atoms with Crippen molar-refractivity contribution in [1.29, 1.82) is 0 Å². The summed E-state index contributed by atoms with van der Waals surface area (Å²) in [5.74, 6) is -0.352. The molecule has 98 valence electrons. The lowest BCUT2D eigenvalue weighted by atomic mass is 9.92. The third-order valence-corrected chi connectivity index (χ3v) is 3.52. The molecule has 1 aromatic carbocycles. The zero-order valence-electron chi connectivity index (χ0n) is 10.8. The minimum Gasteiger partial charge on any atom is -0.314 e. The summed E-state index contributed by atoms with van der Waals surface area (Å²) < 4.78 is 13.6. The molecule has 1 amide bonds. The standard InChI is InChI=1S/C14H19FN2O/c1-10-9-11(7-8-16-10)14(18)17(2)13-6-4-3-5-12(13)15/h3-6,10-11,16H,7-9H2,1-2H3. The molecule has 1 saturated heterocycles.